The van der Waals surface area contributed by atoms with Crippen molar-refractivity contribution in [2.24, 2.45) is 17.2 Å². The van der Waals surface area contributed by atoms with Crippen molar-refractivity contribution in [3.63, 3.8) is 0 Å². The molecule has 0 aromatic heterocycles. The highest BCUT2D eigenvalue weighted by Gasteiger charge is 1.64. The molecule has 0 saturated carbocycles. The van der Waals surface area contributed by atoms with Crippen LogP contribution >= 0.6 is 49.6 Å². The van der Waals surface area contributed by atoms with Crippen molar-refractivity contribution in [1.29, 1.82) is 0 Å². The monoisotopic (exact) mass is 205 g/mol. The Labute approximate surface area is 73.4 Å². The Morgan fingerprint density at radius 2 is 0.625 bits per heavy atom. The third kappa shape index (κ3) is 237. The fraction of sp³-hybridized carbons (Fsp3) is 1.00. The van der Waals surface area contributed by atoms with E-state index in [4.69, 9.17) is 0 Å². The van der Waals surface area contributed by atoms with Crippen LogP contribution in [0, 0.1) is 0 Å². The third-order valence-corrected chi connectivity index (χ3v) is 0. The summed E-state index contributed by atoms with van der Waals surface area (Å²) in [6.45, 7) is 0. The van der Waals surface area contributed by atoms with E-state index in [-0.39, 0.29) is 49.6 Å². The summed E-state index contributed by atoms with van der Waals surface area (Å²) in [5.74, 6) is 0. The van der Waals surface area contributed by atoms with Crippen LogP contribution < -0.4 is 17.2 Å². The maximum atomic E-state index is 4.67. The van der Waals surface area contributed by atoms with Crippen molar-refractivity contribution in [2.75, 3.05) is 0 Å². The minimum atomic E-state index is -0.667. The van der Waals surface area contributed by atoms with Crippen LogP contribution in [0.25, 0.3) is 0 Å². The van der Waals surface area contributed by atoms with E-state index in [1.807, 2.05) is 0 Å². The molecule has 0 aliphatic carbocycles. The normalized spacial score (nSPS) is 4.50. The molecule has 0 fully saturated rings. The standard InChI is InChI=1S/CH7N3.4ClH/c2-1(3)4;;;;/h1H,2-4H2;4*1H. The molecule has 0 amide bonds. The molecule has 6 N–H and O–H groups in total. The highest BCUT2D eigenvalue weighted by molar-refractivity contribution is 5.86. The molecule has 0 atom stereocenters. The van der Waals surface area contributed by atoms with Crippen LogP contribution in [0.5, 0.6) is 0 Å². The van der Waals surface area contributed by atoms with Gasteiger partial charge < -0.3 is 17.2 Å². The van der Waals surface area contributed by atoms with Gasteiger partial charge in [-0.3, -0.25) is 0 Å². The molecule has 8 heavy (non-hydrogen) atoms. The molecule has 0 unspecified atom stereocenters. The van der Waals surface area contributed by atoms with E-state index in [1.54, 1.807) is 0 Å². The summed E-state index contributed by atoms with van der Waals surface area (Å²) in [6, 6.07) is 0. The molecule has 7 heteroatoms. The van der Waals surface area contributed by atoms with Gasteiger partial charge in [0, 0.05) is 0 Å². The van der Waals surface area contributed by atoms with E-state index >= 15 is 0 Å². The third-order valence-electron chi connectivity index (χ3n) is 0. The first kappa shape index (κ1) is 35.8. The van der Waals surface area contributed by atoms with Gasteiger partial charge >= 0.3 is 0 Å². The van der Waals surface area contributed by atoms with Gasteiger partial charge in [0.2, 0.25) is 0 Å². The van der Waals surface area contributed by atoms with E-state index in [0.717, 1.165) is 0 Å². The smallest absolute Gasteiger partial charge is 0.104 e. The number of rotatable bonds is 0. The highest BCUT2D eigenvalue weighted by atomic mass is 35.5. The summed E-state index contributed by atoms with van der Waals surface area (Å²) in [4.78, 5) is 0. The van der Waals surface area contributed by atoms with Gasteiger partial charge in [-0.15, -0.1) is 49.6 Å². The summed E-state index contributed by atoms with van der Waals surface area (Å²) in [7, 11) is 0. The van der Waals surface area contributed by atoms with Gasteiger partial charge in [0.15, 0.2) is 0 Å². The first-order chi connectivity index (χ1) is 1.73. The number of hydrogen-bond acceptors (Lipinski definition) is 3. The van der Waals surface area contributed by atoms with Gasteiger partial charge in [-0.25, -0.2) is 0 Å². The number of nitrogens with two attached hydrogens (primary N) is 3. The second-order valence-electron chi connectivity index (χ2n) is 0.577. The van der Waals surface area contributed by atoms with Gasteiger partial charge in [-0.1, -0.05) is 0 Å². The van der Waals surface area contributed by atoms with Gasteiger partial charge in [-0.05, 0) is 0 Å². The lowest BCUT2D eigenvalue weighted by atomic mass is 11.0. The van der Waals surface area contributed by atoms with Crippen LogP contribution in [0.1, 0.15) is 0 Å². The summed E-state index contributed by atoms with van der Waals surface area (Å²) in [6.07, 6.45) is -0.667. The molecular formula is CH11Cl4N3. The maximum Gasteiger partial charge on any atom is 0.104 e. The van der Waals surface area contributed by atoms with Crippen molar-refractivity contribution >= 4 is 49.6 Å². The average Bonchev–Trinajstić information content (AvgIpc) is 0.811. The topological polar surface area (TPSA) is 78.1 Å². The molecule has 0 aliphatic heterocycles. The molecule has 0 saturated heterocycles. The summed E-state index contributed by atoms with van der Waals surface area (Å²) in [5, 5.41) is 0. The first-order valence-corrected chi connectivity index (χ1v) is 1.00. The SMILES string of the molecule is Cl.Cl.Cl.Cl.NC(N)N. The Hall–Kier alpha value is 1.04. The van der Waals surface area contributed by atoms with Crippen molar-refractivity contribution in [3.8, 4) is 0 Å². The van der Waals surface area contributed by atoms with Crippen LogP contribution in [0.2, 0.25) is 0 Å². The zero-order valence-electron chi connectivity index (χ0n) is 3.94. The Morgan fingerprint density at radius 3 is 0.625 bits per heavy atom. The molecule has 0 aromatic rings. The Bertz CT molecular complexity index is 16.0. The average molecular weight is 207 g/mol. The van der Waals surface area contributed by atoms with Crippen molar-refractivity contribution in [1.82, 2.24) is 0 Å². The van der Waals surface area contributed by atoms with Crippen LogP contribution in [-0.2, 0) is 0 Å². The predicted octanol–water partition coefficient (Wildman–Crippen LogP) is -0.167. The molecule has 58 valence electrons. The fourth-order valence-electron chi connectivity index (χ4n) is 0. The molecule has 0 aliphatic rings. The van der Waals surface area contributed by atoms with Crippen LogP contribution in [-0.4, -0.2) is 6.29 Å². The van der Waals surface area contributed by atoms with Crippen LogP contribution in [0.3, 0.4) is 0 Å². The lowest BCUT2D eigenvalue weighted by Crippen LogP contribution is -2.39. The van der Waals surface area contributed by atoms with Gasteiger partial charge in [0.25, 0.3) is 0 Å². The van der Waals surface area contributed by atoms with Crippen LogP contribution in [0.15, 0.2) is 0 Å². The number of hydrogen-bond donors (Lipinski definition) is 3. The minimum absolute atomic E-state index is 0. The highest BCUT2D eigenvalue weighted by Crippen LogP contribution is 1.17. The quantitative estimate of drug-likeness (QED) is 0.482. The van der Waals surface area contributed by atoms with Crippen molar-refractivity contribution in [3.05, 3.63) is 0 Å². The summed E-state index contributed by atoms with van der Waals surface area (Å²) in [5.41, 5.74) is 14.0. The molecular weight excluding hydrogens is 196 g/mol. The zero-order chi connectivity index (χ0) is 3.58. The lowest BCUT2D eigenvalue weighted by molar-refractivity contribution is 0.750. The van der Waals surface area contributed by atoms with Gasteiger partial charge in [0.05, 0.1) is 0 Å². The van der Waals surface area contributed by atoms with Gasteiger partial charge in [-0.2, -0.15) is 0 Å². The second kappa shape index (κ2) is 24.4. The number of halogens is 4. The summed E-state index contributed by atoms with van der Waals surface area (Å²) < 4.78 is 0. The Morgan fingerprint density at radius 1 is 0.625 bits per heavy atom. The van der Waals surface area contributed by atoms with E-state index in [2.05, 4.69) is 17.2 Å². The van der Waals surface area contributed by atoms with E-state index < -0.39 is 6.29 Å². The fourth-order valence-corrected chi connectivity index (χ4v) is 0. The zero-order valence-corrected chi connectivity index (χ0v) is 7.21. The summed E-state index contributed by atoms with van der Waals surface area (Å²) >= 11 is 0. The predicted molar refractivity (Wildman–Crippen MR) is 45.3 cm³/mol. The maximum absolute atomic E-state index is 4.67. The molecule has 0 radical (unpaired) electrons. The minimum Gasteiger partial charge on any atom is -0.304 e. The van der Waals surface area contributed by atoms with Crippen LogP contribution in [0.4, 0.5) is 0 Å². The molecule has 3 nitrogen and oxygen atoms in total. The van der Waals surface area contributed by atoms with E-state index in [9.17, 15) is 0 Å². The molecule has 0 rings (SSSR count). The van der Waals surface area contributed by atoms with E-state index in [0.29, 0.717) is 0 Å². The molecule has 0 spiro atoms. The largest absolute Gasteiger partial charge is 0.304 e. The first-order valence-electron chi connectivity index (χ1n) is 1.00. The molecule has 0 aromatic carbocycles. The lowest BCUT2D eigenvalue weighted by Gasteiger charge is -1.84. The van der Waals surface area contributed by atoms with E-state index in [1.165, 1.54) is 0 Å². The van der Waals surface area contributed by atoms with Crippen molar-refractivity contribution < 1.29 is 0 Å². The molecule has 0 bridgehead atoms. The molecule has 0 heterocycles. The second-order valence-corrected chi connectivity index (χ2v) is 0.577. The Kier molecular flexibility index (Phi) is 109. The van der Waals surface area contributed by atoms with Crippen molar-refractivity contribution in [2.45, 2.75) is 6.29 Å². The van der Waals surface area contributed by atoms with Gasteiger partial charge in [0.1, 0.15) is 6.29 Å². The Balaban J connectivity index is -0.00000000750.